The van der Waals surface area contributed by atoms with Crippen LogP contribution in [0, 0.1) is 0 Å². The van der Waals surface area contributed by atoms with Gasteiger partial charge in [0.15, 0.2) is 0 Å². The minimum absolute atomic E-state index is 0.245. The second kappa shape index (κ2) is 6.39. The van der Waals surface area contributed by atoms with E-state index >= 15 is 0 Å². The van der Waals surface area contributed by atoms with Gasteiger partial charge >= 0.3 is 123 Å². The van der Waals surface area contributed by atoms with Gasteiger partial charge in [0.2, 0.25) is 0 Å². The molecule has 0 aromatic heterocycles. The molecule has 0 saturated carbocycles. The van der Waals surface area contributed by atoms with Crippen LogP contribution in [-0.4, -0.2) is 74.2 Å². The van der Waals surface area contributed by atoms with Crippen LogP contribution in [0.15, 0.2) is 0 Å². The molecule has 0 atom stereocenters. The summed E-state index contributed by atoms with van der Waals surface area (Å²) in [5.74, 6) is 0. The summed E-state index contributed by atoms with van der Waals surface area (Å²) < 4.78 is 26.1. The molecule has 115 valence electrons. The van der Waals surface area contributed by atoms with Crippen molar-refractivity contribution in [1.29, 1.82) is 0 Å². The Kier molecular flexibility index (Phi) is 6.49. The van der Waals surface area contributed by atoms with Crippen molar-refractivity contribution in [3.63, 3.8) is 0 Å². The van der Waals surface area contributed by atoms with Gasteiger partial charge in [-0.3, -0.25) is 0 Å². The summed E-state index contributed by atoms with van der Waals surface area (Å²) in [7, 11) is 11.5. The maximum atomic E-state index is 13.4. The second-order valence-corrected chi connectivity index (χ2v) is 10.6. The monoisotopic (exact) mass is 315 g/mol. The van der Waals surface area contributed by atoms with Crippen LogP contribution in [0.25, 0.3) is 0 Å². The Balaban J connectivity index is 5.45. The molecule has 0 aliphatic rings. The van der Waals surface area contributed by atoms with E-state index in [-0.39, 0.29) is 12.3 Å². The molecule has 6 nitrogen and oxygen atoms in total. The van der Waals surface area contributed by atoms with E-state index in [9.17, 15) is 3.32 Å². The molecule has 0 radical (unpaired) electrons. The summed E-state index contributed by atoms with van der Waals surface area (Å²) in [6.07, 6.45) is 0. The molecule has 0 spiro atoms. The molecule has 0 aromatic carbocycles. The van der Waals surface area contributed by atoms with Crippen LogP contribution in [-0.2, 0) is 27.8 Å². The topological polar surface area (TPSA) is 35.5 Å². The number of hydrogen-bond acceptors (Lipinski definition) is 3. The summed E-state index contributed by atoms with van der Waals surface area (Å²) in [6.45, 7) is 8.20. The molecule has 0 aliphatic carbocycles. The fourth-order valence-electron chi connectivity index (χ4n) is 1.19. The average Bonchev–Trinajstić information content (AvgIpc) is 2.27. The number of rotatable bonds is 8. The predicted octanol–water partition coefficient (Wildman–Crippen LogP) is 1.38. The van der Waals surface area contributed by atoms with Crippen molar-refractivity contribution in [2.75, 3.05) is 61.9 Å². The van der Waals surface area contributed by atoms with Crippen LogP contribution < -0.4 is 0 Å². The molecule has 19 heavy (non-hydrogen) atoms. The Morgan fingerprint density at radius 2 is 1.05 bits per heavy atom. The Morgan fingerprint density at radius 1 is 0.737 bits per heavy atom. The van der Waals surface area contributed by atoms with Crippen molar-refractivity contribution < 1.29 is 40.0 Å². The molecule has 7 heteroatoms. The van der Waals surface area contributed by atoms with Crippen LogP contribution in [0.5, 0.6) is 0 Å². The van der Waals surface area contributed by atoms with E-state index in [1.807, 2.05) is 63.1 Å². The van der Waals surface area contributed by atoms with Gasteiger partial charge in [0.05, 0.1) is 0 Å². The maximum absolute atomic E-state index is 13.4. The summed E-state index contributed by atoms with van der Waals surface area (Å²) >= 11 is -4.26. The summed E-state index contributed by atoms with van der Waals surface area (Å²) in [4.78, 5) is 0. The number of hydroxylamine groups is 6. The van der Waals surface area contributed by atoms with Crippen molar-refractivity contribution in [3.8, 4) is 0 Å². The minimum atomic E-state index is -4.26. The zero-order valence-corrected chi connectivity index (χ0v) is 15.7. The van der Waals surface area contributed by atoms with Crippen molar-refractivity contribution in [2.45, 2.75) is 20.8 Å². The number of nitrogens with zero attached hydrogens (tertiary/aromatic N) is 3. The van der Waals surface area contributed by atoms with Gasteiger partial charge in [0.25, 0.3) is 0 Å². The Morgan fingerprint density at radius 3 is 1.26 bits per heavy atom. The van der Waals surface area contributed by atoms with Gasteiger partial charge in [-0.05, 0) is 0 Å². The van der Waals surface area contributed by atoms with Gasteiger partial charge in [0.1, 0.15) is 0 Å². The third-order valence-corrected chi connectivity index (χ3v) is 8.85. The molecule has 0 aromatic rings. The average molecular weight is 315 g/mol. The molecule has 0 rings (SSSR count). The third kappa shape index (κ3) is 5.30. The molecule has 0 aliphatic heterocycles. The van der Waals surface area contributed by atoms with Gasteiger partial charge in [-0.15, -0.1) is 0 Å². The van der Waals surface area contributed by atoms with E-state index in [4.69, 9.17) is 6.84 Å². The zero-order chi connectivity index (χ0) is 15.5. The van der Waals surface area contributed by atoms with Gasteiger partial charge in [-0.25, -0.2) is 0 Å². The summed E-state index contributed by atoms with van der Waals surface area (Å²) in [5, 5.41) is 0. The fraction of sp³-hybridized carbons (Fsp3) is 1.00. The third-order valence-electron chi connectivity index (χ3n) is 3.78. The van der Waals surface area contributed by atoms with Crippen LogP contribution in [0.1, 0.15) is 20.8 Å². The number of hydrogen-bond donors (Lipinski definition) is 0. The van der Waals surface area contributed by atoms with Crippen LogP contribution in [0.3, 0.4) is 0 Å². The van der Waals surface area contributed by atoms with Crippen molar-refractivity contribution >= 4 is 0 Å². The van der Waals surface area contributed by atoms with Gasteiger partial charge in [0, 0.05) is 0 Å². The first kappa shape index (κ1) is 19.3. The van der Waals surface area contributed by atoms with Crippen molar-refractivity contribution in [1.82, 2.24) is 0 Å². The molecule has 0 fully saturated rings. The first-order valence-corrected chi connectivity index (χ1v) is 9.57. The molecule has 0 N–H and O–H groups in total. The van der Waals surface area contributed by atoms with Crippen LogP contribution in [0.4, 0.5) is 0 Å². The molecule has 0 saturated heterocycles. The molecule has 0 amide bonds. The molecular formula is C12H33N3O3Ti+3. The van der Waals surface area contributed by atoms with E-state index < -0.39 is 17.6 Å². The summed E-state index contributed by atoms with van der Waals surface area (Å²) in [6, 6.07) is 0. The molecule has 0 unspecified atom stereocenters. The van der Waals surface area contributed by atoms with E-state index in [0.29, 0.717) is 6.54 Å². The molecule has 0 heterocycles. The van der Waals surface area contributed by atoms with Gasteiger partial charge in [-0.1, -0.05) is 0 Å². The second-order valence-electron chi connectivity index (χ2n) is 6.49. The van der Waals surface area contributed by atoms with E-state index in [2.05, 4.69) is 0 Å². The standard InChI is InChI=1S/2C4H11NO.C4H11N.O.Ti/c2*1-4-5(2,3)6;1-4-5(2)3;;/h2*4H2,1-3H3;4H2,1-3H3;;/q;;;;+3. The zero-order valence-electron chi connectivity index (χ0n) is 14.2. The summed E-state index contributed by atoms with van der Waals surface area (Å²) in [5.41, 5.74) is 0. The molecule has 0 bridgehead atoms. The van der Waals surface area contributed by atoms with Gasteiger partial charge in [-0.2, -0.15) is 0 Å². The van der Waals surface area contributed by atoms with Crippen molar-refractivity contribution in [3.05, 3.63) is 0 Å². The fourth-order valence-corrected chi connectivity index (χ4v) is 4.89. The SMILES string of the molecule is CC[N+](C)(C)[O][Ti](=[O])([O][N+](C)(C)CC)[N+](C)(C)CC. The normalized spacial score (nSPS) is 14.8. The first-order valence-electron chi connectivity index (χ1n) is 6.95. The number of quaternary nitrogens is 3. The Labute approximate surface area is 123 Å². The van der Waals surface area contributed by atoms with Crippen LogP contribution in [0.2, 0.25) is 0 Å². The Bertz CT molecular complexity index is 321. The van der Waals surface area contributed by atoms with Gasteiger partial charge < -0.3 is 0 Å². The molecular weight excluding hydrogens is 282 g/mol. The van der Waals surface area contributed by atoms with E-state index in [1.54, 1.807) is 0 Å². The first-order chi connectivity index (χ1) is 8.35. The van der Waals surface area contributed by atoms with E-state index in [1.165, 1.54) is 0 Å². The van der Waals surface area contributed by atoms with E-state index in [0.717, 1.165) is 13.1 Å². The van der Waals surface area contributed by atoms with Crippen LogP contribution >= 0.6 is 0 Å². The van der Waals surface area contributed by atoms with Crippen molar-refractivity contribution in [2.24, 2.45) is 0 Å². The predicted molar refractivity (Wildman–Crippen MR) is 70.8 cm³/mol. The quantitative estimate of drug-likeness (QED) is 0.386. The Hall–Kier alpha value is 0.314.